The number of nitrogens with one attached hydrogen (secondary N) is 1. The summed E-state index contributed by atoms with van der Waals surface area (Å²) in [5, 5.41) is 40.1. The minimum absolute atomic E-state index is 0.159. The predicted octanol–water partition coefficient (Wildman–Crippen LogP) is 5.76. The number of ether oxygens (including phenoxy) is 2. The van der Waals surface area contributed by atoms with Gasteiger partial charge in [0.05, 0.1) is 24.1 Å². The van der Waals surface area contributed by atoms with E-state index in [0.29, 0.717) is 10.6 Å². The number of nitriles is 3. The Labute approximate surface area is 193 Å². The molecule has 6 nitrogen and oxygen atoms in total. The Balaban J connectivity index is 2.09. The molecule has 31 heavy (non-hydrogen) atoms. The maximum atomic E-state index is 10.3. The van der Waals surface area contributed by atoms with Gasteiger partial charge in [0.15, 0.2) is 5.41 Å². The number of nitrogens with zero attached hydrogens (tertiary/aromatic N) is 3. The van der Waals surface area contributed by atoms with Gasteiger partial charge in [-0.2, -0.15) is 15.8 Å². The first-order valence-electron chi connectivity index (χ1n) is 9.13. The molecule has 0 radical (unpaired) electrons. The van der Waals surface area contributed by atoms with Crippen LogP contribution < -0.4 is 0 Å². The van der Waals surface area contributed by atoms with Gasteiger partial charge in [-0.1, -0.05) is 59.9 Å². The Kier molecular flexibility index (Phi) is 4.93. The molecule has 154 valence electrons. The van der Waals surface area contributed by atoms with E-state index in [9.17, 15) is 15.8 Å². The van der Waals surface area contributed by atoms with Gasteiger partial charge >= 0.3 is 0 Å². The van der Waals surface area contributed by atoms with Crippen LogP contribution in [0, 0.1) is 56.2 Å². The van der Waals surface area contributed by atoms with E-state index in [1.165, 1.54) is 0 Å². The third kappa shape index (κ3) is 2.50. The minimum atomic E-state index is -2.15. The van der Waals surface area contributed by atoms with Crippen LogP contribution in [0.4, 0.5) is 0 Å². The first kappa shape index (κ1) is 21.4. The molecule has 0 amide bonds. The van der Waals surface area contributed by atoms with Gasteiger partial charge in [0.25, 0.3) is 0 Å². The molecule has 2 saturated heterocycles. The van der Waals surface area contributed by atoms with Crippen molar-refractivity contribution in [3.05, 3.63) is 68.7 Å². The van der Waals surface area contributed by atoms with E-state index < -0.39 is 34.5 Å². The normalized spacial score (nSPS) is 30.5. The maximum absolute atomic E-state index is 10.3. The zero-order chi connectivity index (χ0) is 22.6. The van der Waals surface area contributed by atoms with E-state index in [4.69, 9.17) is 49.7 Å². The highest BCUT2D eigenvalue weighted by Crippen LogP contribution is 2.69. The summed E-state index contributed by atoms with van der Waals surface area (Å²) in [6.07, 6.45) is -1.38. The molecule has 2 heterocycles. The van der Waals surface area contributed by atoms with Crippen LogP contribution in [-0.4, -0.2) is 5.90 Å². The van der Waals surface area contributed by atoms with E-state index in [1.807, 2.05) is 12.1 Å². The lowest BCUT2D eigenvalue weighted by atomic mass is 9.53. The number of fused-ring (bicyclic) bond motifs is 2. The Morgan fingerprint density at radius 1 is 0.935 bits per heavy atom. The van der Waals surface area contributed by atoms with Crippen molar-refractivity contribution in [2.45, 2.75) is 18.8 Å². The number of hydrogen-bond donors (Lipinski definition) is 1. The summed E-state index contributed by atoms with van der Waals surface area (Å²) in [6.45, 7) is 1.62. The first-order chi connectivity index (χ1) is 14.7. The molecule has 2 aromatic carbocycles. The van der Waals surface area contributed by atoms with Gasteiger partial charge in [-0.05, 0) is 24.3 Å². The molecule has 4 atom stereocenters. The molecule has 2 aliphatic heterocycles. The fourth-order valence-electron chi connectivity index (χ4n) is 4.57. The van der Waals surface area contributed by atoms with Gasteiger partial charge in [0.1, 0.15) is 6.10 Å². The van der Waals surface area contributed by atoms with Crippen LogP contribution >= 0.6 is 34.8 Å². The van der Waals surface area contributed by atoms with Crippen LogP contribution in [0.5, 0.6) is 0 Å². The lowest BCUT2D eigenvalue weighted by Gasteiger charge is -2.49. The van der Waals surface area contributed by atoms with Crippen molar-refractivity contribution in [2.75, 3.05) is 0 Å². The van der Waals surface area contributed by atoms with Gasteiger partial charge in [-0.15, -0.1) is 0 Å². The summed E-state index contributed by atoms with van der Waals surface area (Å²) >= 11 is 18.9. The highest BCUT2D eigenvalue weighted by molar-refractivity contribution is 6.36. The third-order valence-electron chi connectivity index (χ3n) is 6.18. The fourth-order valence-corrected chi connectivity index (χ4v) is 5.29. The Bertz CT molecular complexity index is 1190. The molecular weight excluding hydrogens is 459 g/mol. The lowest BCUT2D eigenvalue weighted by molar-refractivity contribution is -0.288. The zero-order valence-electron chi connectivity index (χ0n) is 16.0. The molecule has 4 rings (SSSR count). The van der Waals surface area contributed by atoms with Gasteiger partial charge in [-0.25, -0.2) is 0 Å². The topological polar surface area (TPSA) is 114 Å². The quantitative estimate of drug-likeness (QED) is 0.598. The molecular formula is C22H13Cl3N4O2. The molecule has 0 saturated carbocycles. The van der Waals surface area contributed by atoms with Gasteiger partial charge < -0.3 is 9.47 Å². The predicted molar refractivity (Wildman–Crippen MR) is 113 cm³/mol. The standard InChI is InChI=1S/C22H13Cl3N4O2/c1-12-21(11-28)19(29)31-22(12,13-5-7-14(23)8-6-13)30-18(20(21,9-26)10-27)17-15(24)3-2-4-16(17)25/h2-8,12,18,29H,1H3. The summed E-state index contributed by atoms with van der Waals surface area (Å²) in [6, 6.07) is 17.2. The second-order valence-corrected chi connectivity index (χ2v) is 8.66. The molecule has 0 spiro atoms. The average Bonchev–Trinajstić information content (AvgIpc) is 2.91. The van der Waals surface area contributed by atoms with E-state index in [-0.39, 0.29) is 15.6 Å². The zero-order valence-corrected chi connectivity index (χ0v) is 18.3. The molecule has 2 aromatic rings. The van der Waals surface area contributed by atoms with E-state index in [1.54, 1.807) is 49.4 Å². The number of halogens is 3. The van der Waals surface area contributed by atoms with Crippen LogP contribution in [0.15, 0.2) is 42.5 Å². The van der Waals surface area contributed by atoms with E-state index >= 15 is 0 Å². The van der Waals surface area contributed by atoms with Crippen molar-refractivity contribution in [1.82, 2.24) is 0 Å². The highest BCUT2D eigenvalue weighted by atomic mass is 35.5. The highest BCUT2D eigenvalue weighted by Gasteiger charge is 2.80. The Morgan fingerprint density at radius 2 is 1.52 bits per heavy atom. The Morgan fingerprint density at radius 3 is 2.03 bits per heavy atom. The fraction of sp³-hybridized carbons (Fsp3) is 0.273. The molecule has 0 aliphatic carbocycles. The number of hydrogen-bond acceptors (Lipinski definition) is 6. The van der Waals surface area contributed by atoms with Crippen molar-refractivity contribution in [1.29, 1.82) is 21.2 Å². The van der Waals surface area contributed by atoms with Crippen molar-refractivity contribution in [3.63, 3.8) is 0 Å². The second-order valence-electron chi connectivity index (χ2n) is 7.41. The van der Waals surface area contributed by atoms with Crippen LogP contribution in [0.25, 0.3) is 0 Å². The molecule has 2 fully saturated rings. The summed E-state index contributed by atoms with van der Waals surface area (Å²) in [4.78, 5) is 0. The van der Waals surface area contributed by atoms with E-state index in [2.05, 4.69) is 6.07 Å². The largest absolute Gasteiger partial charge is 0.443 e. The van der Waals surface area contributed by atoms with Gasteiger partial charge in [0.2, 0.25) is 17.1 Å². The molecule has 9 heteroatoms. The lowest BCUT2D eigenvalue weighted by Crippen LogP contribution is -2.57. The SMILES string of the molecule is CC1C2(c3ccc(Cl)cc3)OC(=N)C1(C#N)C(C#N)(C#N)C(c1c(Cl)cccc1Cl)O2. The van der Waals surface area contributed by atoms with Crippen molar-refractivity contribution < 1.29 is 9.47 Å². The summed E-state index contributed by atoms with van der Waals surface area (Å²) in [7, 11) is 0. The molecule has 2 aliphatic rings. The number of benzene rings is 2. The summed E-state index contributed by atoms with van der Waals surface area (Å²) < 4.78 is 12.3. The van der Waals surface area contributed by atoms with Gasteiger partial charge in [0, 0.05) is 26.2 Å². The summed E-state index contributed by atoms with van der Waals surface area (Å²) in [5.41, 5.74) is -3.44. The van der Waals surface area contributed by atoms with Crippen LogP contribution in [-0.2, 0) is 15.3 Å². The van der Waals surface area contributed by atoms with Crippen LogP contribution in [0.1, 0.15) is 24.2 Å². The first-order valence-corrected chi connectivity index (χ1v) is 10.3. The smallest absolute Gasteiger partial charge is 0.244 e. The Hall–Kier alpha value is -2.79. The average molecular weight is 472 g/mol. The van der Waals surface area contributed by atoms with Crippen molar-refractivity contribution >= 4 is 40.7 Å². The van der Waals surface area contributed by atoms with Crippen LogP contribution in [0.2, 0.25) is 15.1 Å². The molecule has 0 aromatic heterocycles. The third-order valence-corrected chi connectivity index (χ3v) is 7.09. The maximum Gasteiger partial charge on any atom is 0.244 e. The molecule has 1 N–H and O–H groups in total. The molecule has 4 unspecified atom stereocenters. The number of rotatable bonds is 2. The van der Waals surface area contributed by atoms with Crippen LogP contribution in [0.3, 0.4) is 0 Å². The van der Waals surface area contributed by atoms with Crippen molar-refractivity contribution in [2.24, 2.45) is 16.7 Å². The second kappa shape index (κ2) is 7.13. The molecule has 2 bridgehead atoms. The summed E-state index contributed by atoms with van der Waals surface area (Å²) in [5.74, 6) is -3.05. The minimum Gasteiger partial charge on any atom is -0.443 e. The van der Waals surface area contributed by atoms with Crippen molar-refractivity contribution in [3.8, 4) is 18.2 Å². The van der Waals surface area contributed by atoms with Gasteiger partial charge in [-0.3, -0.25) is 5.41 Å². The van der Waals surface area contributed by atoms with E-state index in [0.717, 1.165) is 0 Å². The monoisotopic (exact) mass is 470 g/mol.